The van der Waals surface area contributed by atoms with Crippen molar-refractivity contribution >= 4 is 39.6 Å². The van der Waals surface area contributed by atoms with Gasteiger partial charge in [0.2, 0.25) is 5.91 Å². The lowest BCUT2D eigenvalue weighted by molar-refractivity contribution is -0.119. The molecule has 2 N–H and O–H groups in total. The number of anilines is 1. The molecule has 0 saturated carbocycles. The summed E-state index contributed by atoms with van der Waals surface area (Å²) in [5.41, 5.74) is 2.98. The van der Waals surface area contributed by atoms with E-state index < -0.39 is 12.1 Å². The molecule has 1 aromatic heterocycles. The summed E-state index contributed by atoms with van der Waals surface area (Å²) in [4.78, 5) is 25.4. The monoisotopic (exact) mass is 430 g/mol. The van der Waals surface area contributed by atoms with Gasteiger partial charge in [0.1, 0.15) is 23.8 Å². The topological polar surface area (TPSA) is 80.6 Å². The molecule has 4 rings (SSSR count). The van der Waals surface area contributed by atoms with Crippen LogP contribution in [-0.2, 0) is 16.1 Å². The molecular formula is C26H26N2O4. The third-order valence-corrected chi connectivity index (χ3v) is 5.63. The second kappa shape index (κ2) is 9.56. The molecule has 0 bridgehead atoms. The molecular weight excluding hydrogens is 404 g/mol. The number of fused-ring (bicyclic) bond motifs is 3. The minimum atomic E-state index is -0.727. The summed E-state index contributed by atoms with van der Waals surface area (Å²) in [5, 5.41) is 7.64. The van der Waals surface area contributed by atoms with Crippen LogP contribution in [0.5, 0.6) is 0 Å². The number of hydrogen-bond acceptors (Lipinski definition) is 4. The summed E-state index contributed by atoms with van der Waals surface area (Å²) in [6.45, 7) is 4.04. The molecule has 0 aliphatic rings. The number of rotatable bonds is 7. The molecule has 32 heavy (non-hydrogen) atoms. The Morgan fingerprint density at radius 2 is 1.66 bits per heavy atom. The first-order valence-corrected chi connectivity index (χ1v) is 10.7. The molecule has 0 spiro atoms. The van der Waals surface area contributed by atoms with Crippen LogP contribution in [0.2, 0.25) is 0 Å². The Morgan fingerprint density at radius 3 is 2.44 bits per heavy atom. The predicted octanol–water partition coefficient (Wildman–Crippen LogP) is 5.87. The highest BCUT2D eigenvalue weighted by Crippen LogP contribution is 2.30. The summed E-state index contributed by atoms with van der Waals surface area (Å²) < 4.78 is 11.2. The van der Waals surface area contributed by atoms with Crippen molar-refractivity contribution < 1.29 is 18.7 Å². The van der Waals surface area contributed by atoms with Crippen LogP contribution in [0.25, 0.3) is 21.9 Å². The number of carbonyl (C=O) groups excluding carboxylic acids is 2. The molecule has 4 aromatic rings. The van der Waals surface area contributed by atoms with E-state index in [-0.39, 0.29) is 18.4 Å². The van der Waals surface area contributed by atoms with Crippen LogP contribution < -0.4 is 10.6 Å². The van der Waals surface area contributed by atoms with Gasteiger partial charge >= 0.3 is 6.09 Å². The number of carbonyl (C=O) groups is 2. The van der Waals surface area contributed by atoms with Gasteiger partial charge < -0.3 is 19.8 Å². The zero-order valence-corrected chi connectivity index (χ0v) is 18.1. The van der Waals surface area contributed by atoms with Gasteiger partial charge in [0.25, 0.3) is 0 Å². The van der Waals surface area contributed by atoms with Crippen LogP contribution >= 0.6 is 0 Å². The molecule has 2 atom stereocenters. The van der Waals surface area contributed by atoms with E-state index in [0.29, 0.717) is 11.3 Å². The van der Waals surface area contributed by atoms with E-state index in [9.17, 15) is 9.59 Å². The fraction of sp³-hybridized carbons (Fsp3) is 0.231. The molecule has 1 heterocycles. The van der Waals surface area contributed by atoms with Gasteiger partial charge in [0.05, 0.1) is 0 Å². The van der Waals surface area contributed by atoms with Gasteiger partial charge in [-0.15, -0.1) is 0 Å². The zero-order chi connectivity index (χ0) is 22.5. The Hall–Kier alpha value is -3.80. The summed E-state index contributed by atoms with van der Waals surface area (Å²) in [6.07, 6.45) is 0.0988. The highest BCUT2D eigenvalue weighted by Gasteiger charge is 2.27. The Kier molecular flexibility index (Phi) is 6.40. The summed E-state index contributed by atoms with van der Waals surface area (Å²) >= 11 is 0. The SMILES string of the molecule is CC[C@@H](C)[C@H](NC(=O)OCc1ccccc1)C(=O)Nc1ccc2c(c1)oc1ccccc12. The molecule has 2 amide bonds. The van der Waals surface area contributed by atoms with E-state index in [1.807, 2.05) is 80.6 Å². The van der Waals surface area contributed by atoms with Crippen LogP contribution in [0.4, 0.5) is 10.5 Å². The molecule has 0 saturated heterocycles. The number of ether oxygens (including phenoxy) is 1. The number of benzene rings is 3. The van der Waals surface area contributed by atoms with E-state index in [1.165, 1.54) is 0 Å². The lowest BCUT2D eigenvalue weighted by atomic mass is 9.98. The number of amides is 2. The molecule has 6 nitrogen and oxygen atoms in total. The van der Waals surface area contributed by atoms with Crippen LogP contribution in [0.15, 0.2) is 77.2 Å². The number of alkyl carbamates (subject to hydrolysis) is 1. The van der Waals surface area contributed by atoms with Crippen LogP contribution in [0, 0.1) is 5.92 Å². The first-order chi connectivity index (χ1) is 15.5. The highest BCUT2D eigenvalue weighted by atomic mass is 16.5. The van der Waals surface area contributed by atoms with Gasteiger partial charge in [-0.3, -0.25) is 4.79 Å². The fourth-order valence-corrected chi connectivity index (χ4v) is 3.62. The number of hydrogen-bond donors (Lipinski definition) is 2. The Morgan fingerprint density at radius 1 is 0.938 bits per heavy atom. The van der Waals surface area contributed by atoms with Gasteiger partial charge in [-0.25, -0.2) is 4.79 Å². The van der Waals surface area contributed by atoms with Gasteiger partial charge in [-0.05, 0) is 29.7 Å². The van der Waals surface area contributed by atoms with Crippen LogP contribution in [0.1, 0.15) is 25.8 Å². The number of furan rings is 1. The Labute approximate surface area is 186 Å². The van der Waals surface area contributed by atoms with Crippen molar-refractivity contribution in [2.75, 3.05) is 5.32 Å². The zero-order valence-electron chi connectivity index (χ0n) is 18.1. The average molecular weight is 431 g/mol. The summed E-state index contributed by atoms with van der Waals surface area (Å²) in [6, 6.07) is 22.1. The van der Waals surface area contributed by atoms with E-state index >= 15 is 0 Å². The van der Waals surface area contributed by atoms with Crippen molar-refractivity contribution in [1.82, 2.24) is 5.32 Å². The molecule has 0 radical (unpaired) electrons. The minimum Gasteiger partial charge on any atom is -0.456 e. The third kappa shape index (κ3) is 4.75. The minimum absolute atomic E-state index is 0.0748. The van der Waals surface area contributed by atoms with E-state index in [1.54, 1.807) is 6.07 Å². The van der Waals surface area contributed by atoms with Crippen molar-refractivity contribution in [2.24, 2.45) is 5.92 Å². The lowest BCUT2D eigenvalue weighted by Gasteiger charge is -2.23. The van der Waals surface area contributed by atoms with Crippen LogP contribution in [-0.4, -0.2) is 18.0 Å². The van der Waals surface area contributed by atoms with Crippen molar-refractivity contribution in [3.05, 3.63) is 78.4 Å². The second-order valence-corrected chi connectivity index (χ2v) is 7.87. The molecule has 0 unspecified atom stereocenters. The van der Waals surface area contributed by atoms with Crippen molar-refractivity contribution in [3.8, 4) is 0 Å². The Bertz CT molecular complexity index is 1230. The molecule has 164 valence electrons. The van der Waals surface area contributed by atoms with Gasteiger partial charge in [0, 0.05) is 22.5 Å². The van der Waals surface area contributed by atoms with E-state index in [4.69, 9.17) is 9.15 Å². The van der Waals surface area contributed by atoms with E-state index in [2.05, 4.69) is 10.6 Å². The second-order valence-electron chi connectivity index (χ2n) is 7.87. The van der Waals surface area contributed by atoms with Crippen LogP contribution in [0.3, 0.4) is 0 Å². The van der Waals surface area contributed by atoms with Gasteiger partial charge in [-0.1, -0.05) is 68.8 Å². The molecule has 0 aliphatic heterocycles. The molecule has 6 heteroatoms. The van der Waals surface area contributed by atoms with Crippen molar-refractivity contribution in [2.45, 2.75) is 32.9 Å². The quantitative estimate of drug-likeness (QED) is 0.384. The highest BCUT2D eigenvalue weighted by molar-refractivity contribution is 6.06. The van der Waals surface area contributed by atoms with Gasteiger partial charge in [0.15, 0.2) is 0 Å². The maximum absolute atomic E-state index is 13.0. The molecule has 0 fully saturated rings. The Balaban J connectivity index is 1.45. The van der Waals surface area contributed by atoms with Crippen molar-refractivity contribution in [1.29, 1.82) is 0 Å². The first kappa shape index (κ1) is 21.4. The fourth-order valence-electron chi connectivity index (χ4n) is 3.62. The smallest absolute Gasteiger partial charge is 0.408 e. The predicted molar refractivity (Wildman–Crippen MR) is 125 cm³/mol. The average Bonchev–Trinajstić information content (AvgIpc) is 3.19. The third-order valence-electron chi connectivity index (χ3n) is 5.63. The van der Waals surface area contributed by atoms with Crippen molar-refractivity contribution in [3.63, 3.8) is 0 Å². The normalized spacial score (nSPS) is 12.9. The summed E-state index contributed by atoms with van der Waals surface area (Å²) in [5.74, 6) is -0.374. The summed E-state index contributed by atoms with van der Waals surface area (Å²) in [7, 11) is 0. The largest absolute Gasteiger partial charge is 0.456 e. The lowest BCUT2D eigenvalue weighted by Crippen LogP contribution is -2.47. The number of para-hydroxylation sites is 1. The van der Waals surface area contributed by atoms with Gasteiger partial charge in [-0.2, -0.15) is 0 Å². The number of nitrogens with one attached hydrogen (secondary N) is 2. The first-order valence-electron chi connectivity index (χ1n) is 10.7. The molecule has 3 aromatic carbocycles. The standard InChI is InChI=1S/C26H26N2O4/c1-3-17(2)24(28-26(30)31-16-18-9-5-4-6-10-18)25(29)27-19-13-14-21-20-11-7-8-12-22(20)32-23(21)15-19/h4-15,17,24H,3,16H2,1-2H3,(H,27,29)(H,28,30)/t17-,24+/m1/s1. The molecule has 0 aliphatic carbocycles. The van der Waals surface area contributed by atoms with E-state index in [0.717, 1.165) is 28.3 Å². The maximum Gasteiger partial charge on any atom is 0.408 e. The maximum atomic E-state index is 13.0.